The van der Waals surface area contributed by atoms with E-state index in [2.05, 4.69) is 11.7 Å². The van der Waals surface area contributed by atoms with Crippen molar-refractivity contribution in [1.82, 2.24) is 0 Å². The molecule has 0 bridgehead atoms. The zero-order chi connectivity index (χ0) is 12.7. The van der Waals surface area contributed by atoms with E-state index in [0.717, 1.165) is 19.8 Å². The topological polar surface area (TPSA) is 83.8 Å². The van der Waals surface area contributed by atoms with Crippen LogP contribution in [-0.2, 0) is 14.3 Å². The van der Waals surface area contributed by atoms with Gasteiger partial charge in [0, 0.05) is 20.5 Å². The van der Waals surface area contributed by atoms with Crippen LogP contribution in [0.3, 0.4) is 0 Å². The first kappa shape index (κ1) is 19.5. The predicted molar refractivity (Wildman–Crippen MR) is 57.6 cm³/mol. The van der Waals surface area contributed by atoms with Gasteiger partial charge in [-0.2, -0.15) is 0 Å². The fraction of sp³-hybridized carbons (Fsp3) is 0.800. The van der Waals surface area contributed by atoms with E-state index in [1.807, 2.05) is 0 Å². The van der Waals surface area contributed by atoms with Crippen LogP contribution in [-0.4, -0.2) is 35.4 Å². The molecule has 0 saturated carbocycles. The van der Waals surface area contributed by atoms with Gasteiger partial charge in [0.15, 0.2) is 0 Å². The molecule has 0 atom stereocenters. The molecule has 0 saturated heterocycles. The van der Waals surface area contributed by atoms with Crippen LogP contribution in [0.4, 0.5) is 0 Å². The molecule has 0 aliphatic carbocycles. The van der Waals surface area contributed by atoms with E-state index in [1.54, 1.807) is 6.92 Å². The average molecular weight is 222 g/mol. The molecule has 0 aliphatic heterocycles. The van der Waals surface area contributed by atoms with Crippen molar-refractivity contribution in [1.29, 1.82) is 0 Å². The molecule has 0 radical (unpaired) electrons. The SMILES string of the molecule is CC(=O)O.CCCCO.CCOC(C)=O. The van der Waals surface area contributed by atoms with E-state index in [1.165, 1.54) is 6.92 Å². The van der Waals surface area contributed by atoms with Crippen molar-refractivity contribution >= 4 is 11.9 Å². The number of unbranched alkanes of at least 4 members (excludes halogenated alkanes) is 1. The Kier molecular flexibility index (Phi) is 24.2. The standard InChI is InChI=1S/C4H8O2.C4H10O.C2H4O2/c1-3-6-4(2)5;1-2-3-4-5;1-2(3)4/h3H2,1-2H3;5H,2-4H2,1H3;1H3,(H,3,4). The second-order valence-electron chi connectivity index (χ2n) is 2.52. The van der Waals surface area contributed by atoms with Crippen molar-refractivity contribution in [3.63, 3.8) is 0 Å². The lowest BCUT2D eigenvalue weighted by Crippen LogP contribution is -1.95. The van der Waals surface area contributed by atoms with Crippen LogP contribution in [0.1, 0.15) is 40.5 Å². The number of hydrogen-bond donors (Lipinski definition) is 2. The van der Waals surface area contributed by atoms with Crippen molar-refractivity contribution < 1.29 is 24.5 Å². The van der Waals surface area contributed by atoms with Crippen molar-refractivity contribution in [2.45, 2.75) is 40.5 Å². The number of carboxylic acid groups (broad SMARTS) is 1. The Bertz CT molecular complexity index is 139. The van der Waals surface area contributed by atoms with Crippen molar-refractivity contribution in [2.75, 3.05) is 13.2 Å². The molecule has 0 heterocycles. The normalized spacial score (nSPS) is 7.53. The van der Waals surface area contributed by atoms with Crippen LogP contribution >= 0.6 is 0 Å². The zero-order valence-electron chi connectivity index (χ0n) is 9.95. The molecule has 0 aliphatic rings. The van der Waals surface area contributed by atoms with Gasteiger partial charge >= 0.3 is 5.97 Å². The third kappa shape index (κ3) is 101. The monoisotopic (exact) mass is 222 g/mol. The number of carbonyl (C=O) groups is 2. The Balaban J connectivity index is -0.000000147. The minimum Gasteiger partial charge on any atom is -0.481 e. The molecule has 0 fully saturated rings. The summed E-state index contributed by atoms with van der Waals surface area (Å²) in [5.41, 5.74) is 0. The number of carbonyl (C=O) groups excluding carboxylic acids is 1. The van der Waals surface area contributed by atoms with Gasteiger partial charge in [-0.05, 0) is 13.3 Å². The van der Waals surface area contributed by atoms with Crippen molar-refractivity contribution in [3.05, 3.63) is 0 Å². The first-order chi connectivity index (χ1) is 6.92. The summed E-state index contributed by atoms with van der Waals surface area (Å²) in [5.74, 6) is -1.04. The molecular formula is C10H22O5. The van der Waals surface area contributed by atoms with Gasteiger partial charge in [0.25, 0.3) is 5.97 Å². The van der Waals surface area contributed by atoms with Gasteiger partial charge in [-0.15, -0.1) is 0 Å². The summed E-state index contributed by atoms with van der Waals surface area (Å²) in [6.45, 7) is 7.13. The third-order valence-electron chi connectivity index (χ3n) is 0.859. The molecule has 5 nitrogen and oxygen atoms in total. The fourth-order valence-corrected chi connectivity index (χ4v) is 0.361. The first-order valence-corrected chi connectivity index (χ1v) is 4.86. The van der Waals surface area contributed by atoms with E-state index < -0.39 is 5.97 Å². The average Bonchev–Trinajstić information content (AvgIpc) is 2.05. The maximum atomic E-state index is 9.82. The Hall–Kier alpha value is -1.10. The van der Waals surface area contributed by atoms with E-state index in [9.17, 15) is 4.79 Å². The number of carboxylic acids is 1. The number of rotatable bonds is 3. The van der Waals surface area contributed by atoms with Crippen molar-refractivity contribution in [3.8, 4) is 0 Å². The van der Waals surface area contributed by atoms with E-state index >= 15 is 0 Å². The molecule has 0 spiro atoms. The highest BCUT2D eigenvalue weighted by atomic mass is 16.5. The molecular weight excluding hydrogens is 200 g/mol. The van der Waals surface area contributed by atoms with Gasteiger partial charge in [-0.1, -0.05) is 13.3 Å². The van der Waals surface area contributed by atoms with Gasteiger partial charge in [0.05, 0.1) is 6.61 Å². The quantitative estimate of drug-likeness (QED) is 0.706. The maximum Gasteiger partial charge on any atom is 0.302 e. The van der Waals surface area contributed by atoms with E-state index in [0.29, 0.717) is 13.2 Å². The van der Waals surface area contributed by atoms with Crippen LogP contribution < -0.4 is 0 Å². The molecule has 5 heteroatoms. The highest BCUT2D eigenvalue weighted by molar-refractivity contribution is 5.65. The van der Waals surface area contributed by atoms with Gasteiger partial charge in [0.2, 0.25) is 0 Å². The van der Waals surface area contributed by atoms with E-state index in [-0.39, 0.29) is 5.97 Å². The summed E-state index contributed by atoms with van der Waals surface area (Å²) in [6.07, 6.45) is 2.04. The number of aliphatic carboxylic acids is 1. The summed E-state index contributed by atoms with van der Waals surface area (Å²) in [7, 11) is 0. The highest BCUT2D eigenvalue weighted by Gasteiger charge is 1.81. The summed E-state index contributed by atoms with van der Waals surface area (Å²) in [5, 5.41) is 15.5. The van der Waals surface area contributed by atoms with Crippen LogP contribution in [0.25, 0.3) is 0 Å². The van der Waals surface area contributed by atoms with E-state index in [4.69, 9.17) is 15.0 Å². The second kappa shape index (κ2) is 18.6. The molecule has 15 heavy (non-hydrogen) atoms. The molecule has 0 rings (SSSR count). The van der Waals surface area contributed by atoms with Crippen LogP contribution in [0.5, 0.6) is 0 Å². The molecule has 0 aromatic carbocycles. The minimum absolute atomic E-state index is 0.211. The molecule has 0 unspecified atom stereocenters. The summed E-state index contributed by atoms with van der Waals surface area (Å²) in [6, 6.07) is 0. The number of aliphatic hydroxyl groups excluding tert-OH is 1. The highest BCUT2D eigenvalue weighted by Crippen LogP contribution is 1.78. The van der Waals surface area contributed by atoms with Crippen LogP contribution in [0.15, 0.2) is 0 Å². The predicted octanol–water partition coefficient (Wildman–Crippen LogP) is 1.44. The number of ether oxygens (including phenoxy) is 1. The molecule has 0 amide bonds. The van der Waals surface area contributed by atoms with Gasteiger partial charge in [-0.25, -0.2) is 0 Å². The third-order valence-corrected chi connectivity index (χ3v) is 0.859. The lowest BCUT2D eigenvalue weighted by molar-refractivity contribution is -0.140. The van der Waals surface area contributed by atoms with Crippen LogP contribution in [0, 0.1) is 0 Å². The van der Waals surface area contributed by atoms with Gasteiger partial charge in [-0.3, -0.25) is 9.59 Å². The van der Waals surface area contributed by atoms with Crippen molar-refractivity contribution in [2.24, 2.45) is 0 Å². The Morgan fingerprint density at radius 1 is 1.20 bits per heavy atom. The molecule has 2 N–H and O–H groups in total. The Morgan fingerprint density at radius 2 is 1.60 bits per heavy atom. The van der Waals surface area contributed by atoms with Crippen LogP contribution in [0.2, 0.25) is 0 Å². The lowest BCUT2D eigenvalue weighted by atomic mass is 10.4. The number of aliphatic hydroxyl groups is 1. The smallest absolute Gasteiger partial charge is 0.302 e. The summed E-state index contributed by atoms with van der Waals surface area (Å²) < 4.78 is 4.40. The first-order valence-electron chi connectivity index (χ1n) is 4.86. The number of esters is 1. The van der Waals surface area contributed by atoms with Gasteiger partial charge < -0.3 is 14.9 Å². The zero-order valence-corrected chi connectivity index (χ0v) is 9.95. The second-order valence-corrected chi connectivity index (χ2v) is 2.52. The lowest BCUT2D eigenvalue weighted by Gasteiger charge is -1.89. The Morgan fingerprint density at radius 3 is 1.60 bits per heavy atom. The molecule has 0 aromatic heterocycles. The minimum atomic E-state index is -0.833. The Labute approximate surface area is 91.1 Å². The fourth-order valence-electron chi connectivity index (χ4n) is 0.361. The van der Waals surface area contributed by atoms with Gasteiger partial charge in [0.1, 0.15) is 0 Å². The summed E-state index contributed by atoms with van der Waals surface area (Å²) >= 11 is 0. The summed E-state index contributed by atoms with van der Waals surface area (Å²) in [4.78, 5) is 18.8. The molecule has 0 aromatic rings. The largest absolute Gasteiger partial charge is 0.481 e. The number of hydrogen-bond acceptors (Lipinski definition) is 4. The maximum absolute atomic E-state index is 9.82. The molecule has 92 valence electrons.